The quantitative estimate of drug-likeness (QED) is 0.669. The van der Waals surface area contributed by atoms with Crippen LogP contribution < -0.4 is 10.9 Å². The lowest BCUT2D eigenvalue weighted by Gasteiger charge is -2.24. The van der Waals surface area contributed by atoms with E-state index in [2.05, 4.69) is 17.2 Å². The van der Waals surface area contributed by atoms with Gasteiger partial charge < -0.3 is 0 Å². The van der Waals surface area contributed by atoms with Gasteiger partial charge in [-0.25, -0.2) is 4.98 Å². The molecule has 3 rings (SSSR count). The number of benzene rings is 1. The van der Waals surface area contributed by atoms with Gasteiger partial charge in [0.15, 0.2) is 0 Å². The molecule has 0 saturated carbocycles. The van der Waals surface area contributed by atoms with Gasteiger partial charge in [-0.2, -0.15) is 0 Å². The molecule has 1 aliphatic heterocycles. The molecule has 1 atom stereocenters. The van der Waals surface area contributed by atoms with Gasteiger partial charge in [-0.15, -0.1) is 0 Å². The van der Waals surface area contributed by atoms with Crippen LogP contribution in [0.2, 0.25) is 0 Å². The molecule has 1 aliphatic rings. The minimum atomic E-state index is -0.675. The van der Waals surface area contributed by atoms with E-state index in [0.717, 1.165) is 31.2 Å². The smallest absolute Gasteiger partial charge is 0.262 e. The molecular formula is C19H23N3O3. The van der Waals surface area contributed by atoms with Crippen LogP contribution in [0.4, 0.5) is 0 Å². The normalized spacial score (nSPS) is 17.8. The van der Waals surface area contributed by atoms with Crippen LogP contribution in [0.15, 0.2) is 23.0 Å². The first-order valence-electron chi connectivity index (χ1n) is 8.87. The molecule has 0 bridgehead atoms. The third-order valence-corrected chi connectivity index (χ3v) is 4.76. The Morgan fingerprint density at radius 2 is 2.04 bits per heavy atom. The minimum absolute atomic E-state index is 0.191. The number of hydrogen-bond donors (Lipinski definition) is 1. The van der Waals surface area contributed by atoms with Crippen LogP contribution in [0.1, 0.15) is 56.5 Å². The molecule has 1 unspecified atom stereocenters. The molecule has 1 fully saturated rings. The van der Waals surface area contributed by atoms with Crippen molar-refractivity contribution in [1.29, 1.82) is 0 Å². The summed E-state index contributed by atoms with van der Waals surface area (Å²) >= 11 is 0. The lowest BCUT2D eigenvalue weighted by Crippen LogP contribution is -2.45. The molecule has 0 radical (unpaired) electrons. The summed E-state index contributed by atoms with van der Waals surface area (Å²) in [6, 6.07) is 5.05. The third-order valence-electron chi connectivity index (χ3n) is 4.76. The molecule has 2 aromatic rings. The molecule has 132 valence electrons. The van der Waals surface area contributed by atoms with Crippen LogP contribution in [0.3, 0.4) is 0 Å². The summed E-state index contributed by atoms with van der Waals surface area (Å²) in [5.41, 5.74) is 1.45. The van der Waals surface area contributed by atoms with E-state index in [1.807, 2.05) is 18.2 Å². The highest BCUT2D eigenvalue weighted by Crippen LogP contribution is 2.22. The van der Waals surface area contributed by atoms with Crippen LogP contribution in [-0.4, -0.2) is 21.4 Å². The second-order valence-corrected chi connectivity index (χ2v) is 6.57. The number of aryl methyl sites for hydroxylation is 2. The average Bonchev–Trinajstić information content (AvgIpc) is 2.56. The number of unbranched alkanes of at least 4 members (excludes halogenated alkanes) is 2. The van der Waals surface area contributed by atoms with E-state index >= 15 is 0 Å². The molecule has 6 heteroatoms. The molecule has 2 amide bonds. The molecule has 1 aromatic carbocycles. The Morgan fingerprint density at radius 1 is 1.24 bits per heavy atom. The van der Waals surface area contributed by atoms with Crippen molar-refractivity contribution in [2.75, 3.05) is 0 Å². The highest BCUT2D eigenvalue weighted by Gasteiger charge is 2.30. The van der Waals surface area contributed by atoms with Crippen molar-refractivity contribution in [3.05, 3.63) is 39.9 Å². The third kappa shape index (κ3) is 3.34. The zero-order valence-electron chi connectivity index (χ0n) is 14.7. The van der Waals surface area contributed by atoms with Crippen molar-refractivity contribution >= 4 is 22.7 Å². The molecule has 2 heterocycles. The van der Waals surface area contributed by atoms with Crippen LogP contribution in [0, 0.1) is 6.92 Å². The van der Waals surface area contributed by atoms with Crippen LogP contribution in [-0.2, 0) is 16.0 Å². The number of imide groups is 1. The van der Waals surface area contributed by atoms with Gasteiger partial charge in [0.1, 0.15) is 11.9 Å². The SMILES string of the molecule is CCCCCc1cccc2nc(C)n(C3CCC(=O)NC3=O)c(=O)c12. The molecular weight excluding hydrogens is 318 g/mol. The molecule has 1 N–H and O–H groups in total. The predicted octanol–water partition coefficient (Wildman–Crippen LogP) is 2.42. The van der Waals surface area contributed by atoms with Crippen molar-refractivity contribution in [2.45, 2.75) is 58.4 Å². The summed E-state index contributed by atoms with van der Waals surface area (Å²) in [5.74, 6) is -0.218. The number of carbonyl (C=O) groups is 2. The van der Waals surface area contributed by atoms with E-state index in [0.29, 0.717) is 23.1 Å². The standard InChI is InChI=1S/C19H23N3O3/c1-3-4-5-7-13-8-6-9-14-17(13)19(25)22(12(2)20-14)15-10-11-16(23)21-18(15)24/h6,8-9,15H,3-5,7,10-11H2,1-2H3,(H,21,23,24). The topological polar surface area (TPSA) is 81.1 Å². The van der Waals surface area contributed by atoms with E-state index in [1.54, 1.807) is 6.92 Å². The molecule has 1 saturated heterocycles. The number of fused-ring (bicyclic) bond motifs is 1. The fraction of sp³-hybridized carbons (Fsp3) is 0.474. The molecule has 0 spiro atoms. The van der Waals surface area contributed by atoms with Gasteiger partial charge in [-0.3, -0.25) is 24.3 Å². The second kappa shape index (κ2) is 7.17. The monoisotopic (exact) mass is 341 g/mol. The van der Waals surface area contributed by atoms with Gasteiger partial charge in [-0.05, 0) is 37.8 Å². The number of amides is 2. The Balaban J connectivity index is 2.10. The minimum Gasteiger partial charge on any atom is -0.295 e. The summed E-state index contributed by atoms with van der Waals surface area (Å²) in [4.78, 5) is 41.4. The summed E-state index contributed by atoms with van der Waals surface area (Å²) < 4.78 is 1.45. The van der Waals surface area contributed by atoms with Gasteiger partial charge >= 0.3 is 0 Å². The average molecular weight is 341 g/mol. The Bertz CT molecular complexity index is 885. The van der Waals surface area contributed by atoms with E-state index in [1.165, 1.54) is 4.57 Å². The first kappa shape index (κ1) is 17.3. The van der Waals surface area contributed by atoms with Gasteiger partial charge in [0.2, 0.25) is 11.8 Å². The fourth-order valence-electron chi connectivity index (χ4n) is 3.49. The van der Waals surface area contributed by atoms with Gasteiger partial charge in [0.05, 0.1) is 10.9 Å². The zero-order valence-corrected chi connectivity index (χ0v) is 14.7. The molecule has 0 aliphatic carbocycles. The number of hydrogen-bond acceptors (Lipinski definition) is 4. The lowest BCUT2D eigenvalue weighted by atomic mass is 10.0. The van der Waals surface area contributed by atoms with Crippen molar-refractivity contribution in [3.63, 3.8) is 0 Å². The summed E-state index contributed by atoms with van der Waals surface area (Å²) in [7, 11) is 0. The number of nitrogens with zero attached hydrogens (tertiary/aromatic N) is 2. The first-order chi connectivity index (χ1) is 12.0. The largest absolute Gasteiger partial charge is 0.295 e. The number of aromatic nitrogens is 2. The highest BCUT2D eigenvalue weighted by molar-refractivity contribution is 5.99. The highest BCUT2D eigenvalue weighted by atomic mass is 16.2. The lowest BCUT2D eigenvalue weighted by molar-refractivity contribution is -0.135. The molecule has 6 nitrogen and oxygen atoms in total. The van der Waals surface area contributed by atoms with Crippen molar-refractivity contribution in [3.8, 4) is 0 Å². The van der Waals surface area contributed by atoms with Crippen molar-refractivity contribution < 1.29 is 9.59 Å². The zero-order chi connectivity index (χ0) is 18.0. The predicted molar refractivity (Wildman–Crippen MR) is 95.4 cm³/mol. The van der Waals surface area contributed by atoms with E-state index < -0.39 is 11.9 Å². The number of rotatable bonds is 5. The Kier molecular flexibility index (Phi) is 4.97. The summed E-state index contributed by atoms with van der Waals surface area (Å²) in [5, 5.41) is 2.91. The maximum absolute atomic E-state index is 13.2. The number of nitrogens with one attached hydrogen (secondary N) is 1. The first-order valence-corrected chi connectivity index (χ1v) is 8.87. The Morgan fingerprint density at radius 3 is 2.76 bits per heavy atom. The Labute approximate surface area is 146 Å². The van der Waals surface area contributed by atoms with Crippen LogP contribution >= 0.6 is 0 Å². The van der Waals surface area contributed by atoms with E-state index in [4.69, 9.17) is 0 Å². The van der Waals surface area contributed by atoms with Crippen LogP contribution in [0.5, 0.6) is 0 Å². The molecule has 1 aromatic heterocycles. The van der Waals surface area contributed by atoms with Gasteiger partial charge in [-0.1, -0.05) is 31.9 Å². The maximum Gasteiger partial charge on any atom is 0.262 e. The maximum atomic E-state index is 13.2. The second-order valence-electron chi connectivity index (χ2n) is 6.57. The van der Waals surface area contributed by atoms with Gasteiger partial charge in [0, 0.05) is 6.42 Å². The van der Waals surface area contributed by atoms with Crippen molar-refractivity contribution in [1.82, 2.24) is 14.9 Å². The Hall–Kier alpha value is -2.50. The van der Waals surface area contributed by atoms with Gasteiger partial charge in [0.25, 0.3) is 5.56 Å². The van der Waals surface area contributed by atoms with Crippen molar-refractivity contribution in [2.24, 2.45) is 0 Å². The summed E-state index contributed by atoms with van der Waals surface area (Å²) in [6.45, 7) is 3.87. The van der Waals surface area contributed by atoms with E-state index in [9.17, 15) is 14.4 Å². The summed E-state index contributed by atoms with van der Waals surface area (Å²) in [6.07, 6.45) is 4.62. The number of piperidine rings is 1. The molecule has 25 heavy (non-hydrogen) atoms. The fourth-order valence-corrected chi connectivity index (χ4v) is 3.49. The number of carbonyl (C=O) groups excluding carboxylic acids is 2. The van der Waals surface area contributed by atoms with E-state index in [-0.39, 0.29) is 17.9 Å². The van der Waals surface area contributed by atoms with Crippen LogP contribution in [0.25, 0.3) is 10.9 Å².